The molecule has 1 aromatic carbocycles. The van der Waals surface area contributed by atoms with Gasteiger partial charge in [0.05, 0.1) is 12.4 Å². The van der Waals surface area contributed by atoms with Gasteiger partial charge in [-0.2, -0.15) is 8.42 Å². The number of methoxy groups -OCH3 is 1. The van der Waals surface area contributed by atoms with E-state index in [1.807, 2.05) is 0 Å². The highest BCUT2D eigenvalue weighted by Gasteiger charge is 2.24. The molecule has 1 saturated heterocycles. The van der Waals surface area contributed by atoms with Gasteiger partial charge in [0.2, 0.25) is 5.91 Å². The Morgan fingerprint density at radius 2 is 2.20 bits per heavy atom. The zero-order chi connectivity index (χ0) is 18.4. The van der Waals surface area contributed by atoms with E-state index in [0.717, 1.165) is 19.1 Å². The number of nitrogens with zero attached hydrogens (tertiary/aromatic N) is 1. The molecule has 1 unspecified atom stereocenters. The summed E-state index contributed by atoms with van der Waals surface area (Å²) in [6.07, 6.45) is 2.75. The molecule has 1 aliphatic heterocycles. The Labute approximate surface area is 152 Å². The van der Waals surface area contributed by atoms with Crippen molar-refractivity contribution in [2.75, 3.05) is 33.1 Å². The lowest BCUT2D eigenvalue weighted by Crippen LogP contribution is -2.39. The molecular formula is C16H22ClNO6S. The first-order valence-corrected chi connectivity index (χ1v) is 10.0. The molecule has 2 rings (SSSR count). The molecule has 7 nitrogen and oxygen atoms in total. The minimum Gasteiger partial charge on any atom is -0.382 e. The number of amides is 1. The van der Waals surface area contributed by atoms with E-state index in [1.165, 1.54) is 19.2 Å². The van der Waals surface area contributed by atoms with E-state index in [4.69, 9.17) is 25.3 Å². The fraction of sp³-hybridized carbons (Fsp3) is 0.562. The van der Waals surface area contributed by atoms with Crippen LogP contribution in [-0.2, 0) is 30.9 Å². The summed E-state index contributed by atoms with van der Waals surface area (Å²) < 4.78 is 38.5. The zero-order valence-electron chi connectivity index (χ0n) is 14.2. The van der Waals surface area contributed by atoms with Crippen LogP contribution in [0.5, 0.6) is 5.75 Å². The first kappa shape index (κ1) is 20.0. The first-order valence-electron chi connectivity index (χ1n) is 7.84. The fourth-order valence-corrected chi connectivity index (χ4v) is 3.31. The number of halogens is 1. The van der Waals surface area contributed by atoms with E-state index in [-0.39, 0.29) is 30.9 Å². The van der Waals surface area contributed by atoms with Crippen molar-refractivity contribution in [3.8, 4) is 5.75 Å². The van der Waals surface area contributed by atoms with E-state index in [9.17, 15) is 13.2 Å². The monoisotopic (exact) mass is 391 g/mol. The van der Waals surface area contributed by atoms with Crippen molar-refractivity contribution >= 4 is 27.6 Å². The van der Waals surface area contributed by atoms with E-state index in [0.29, 0.717) is 23.7 Å². The van der Waals surface area contributed by atoms with E-state index >= 15 is 0 Å². The highest BCUT2D eigenvalue weighted by Crippen LogP contribution is 2.26. The lowest BCUT2D eigenvalue weighted by atomic mass is 10.1. The van der Waals surface area contributed by atoms with Crippen LogP contribution in [0.2, 0.25) is 5.02 Å². The van der Waals surface area contributed by atoms with Crippen molar-refractivity contribution in [3.05, 3.63) is 28.8 Å². The second kappa shape index (κ2) is 8.84. The molecule has 1 heterocycles. The summed E-state index contributed by atoms with van der Waals surface area (Å²) >= 11 is 6.02. The molecule has 1 aromatic rings. The minimum atomic E-state index is -3.70. The third-order valence-corrected chi connectivity index (χ3v) is 4.41. The highest BCUT2D eigenvalue weighted by atomic mass is 35.5. The largest absolute Gasteiger partial charge is 0.382 e. The summed E-state index contributed by atoms with van der Waals surface area (Å²) in [5, 5.41) is 0.423. The number of ether oxygens (including phenoxy) is 2. The predicted octanol–water partition coefficient (Wildman–Crippen LogP) is 1.83. The third kappa shape index (κ3) is 6.47. The Morgan fingerprint density at radius 1 is 1.44 bits per heavy atom. The zero-order valence-corrected chi connectivity index (χ0v) is 15.8. The standard InChI is InChI=1S/C16H22ClNO6S/c1-22-11-16(19)18(10-14-4-3-7-23-14)9-12-8-13(17)5-6-15(12)24-25(2,20)21/h5-6,8,14H,3-4,7,9-11H2,1-2H3. The van der Waals surface area contributed by atoms with Crippen molar-refractivity contribution in [1.82, 2.24) is 4.90 Å². The predicted molar refractivity (Wildman–Crippen MR) is 93.2 cm³/mol. The van der Waals surface area contributed by atoms with Gasteiger partial charge in [0.1, 0.15) is 12.4 Å². The number of carbonyl (C=O) groups is 1. The van der Waals surface area contributed by atoms with Gasteiger partial charge in [-0.15, -0.1) is 0 Å². The van der Waals surface area contributed by atoms with Gasteiger partial charge in [-0.25, -0.2) is 0 Å². The van der Waals surface area contributed by atoms with Gasteiger partial charge >= 0.3 is 10.1 Å². The van der Waals surface area contributed by atoms with Crippen molar-refractivity contribution in [3.63, 3.8) is 0 Å². The van der Waals surface area contributed by atoms with Crippen LogP contribution >= 0.6 is 11.6 Å². The van der Waals surface area contributed by atoms with Crippen LogP contribution in [0.1, 0.15) is 18.4 Å². The summed E-state index contributed by atoms with van der Waals surface area (Å²) in [5.41, 5.74) is 0.500. The third-order valence-electron chi connectivity index (χ3n) is 3.69. The Kier molecular flexibility index (Phi) is 7.06. The van der Waals surface area contributed by atoms with E-state index < -0.39 is 10.1 Å². The molecule has 140 valence electrons. The lowest BCUT2D eigenvalue weighted by molar-refractivity contribution is -0.137. The first-order chi connectivity index (χ1) is 11.8. The summed E-state index contributed by atoms with van der Waals surface area (Å²) in [7, 11) is -2.25. The Hall–Kier alpha value is -1.35. The minimum absolute atomic E-state index is 0.0423. The Bertz CT molecular complexity index is 703. The molecule has 1 fully saturated rings. The molecule has 0 bridgehead atoms. The van der Waals surface area contributed by atoms with Gasteiger partial charge in [0.15, 0.2) is 0 Å². The summed E-state index contributed by atoms with van der Waals surface area (Å²) in [6.45, 7) is 1.15. The molecule has 0 radical (unpaired) electrons. The van der Waals surface area contributed by atoms with E-state index in [2.05, 4.69) is 0 Å². The van der Waals surface area contributed by atoms with Crippen LogP contribution in [0, 0.1) is 0 Å². The van der Waals surface area contributed by atoms with Crippen molar-refractivity contribution in [2.24, 2.45) is 0 Å². The van der Waals surface area contributed by atoms with Gasteiger partial charge < -0.3 is 18.6 Å². The molecule has 0 saturated carbocycles. The summed E-state index contributed by atoms with van der Waals surface area (Å²) in [5.74, 6) is -0.0715. The molecule has 1 aliphatic rings. The molecule has 0 spiro atoms. The molecular weight excluding hydrogens is 370 g/mol. The average molecular weight is 392 g/mol. The van der Waals surface area contributed by atoms with Crippen LogP contribution in [0.15, 0.2) is 18.2 Å². The van der Waals surface area contributed by atoms with E-state index in [1.54, 1.807) is 11.0 Å². The number of carbonyl (C=O) groups excluding carboxylic acids is 1. The molecule has 0 aliphatic carbocycles. The SMILES string of the molecule is COCC(=O)N(Cc1cc(Cl)ccc1OS(C)(=O)=O)CC1CCCO1. The molecule has 1 amide bonds. The van der Waals surface area contributed by atoms with Crippen molar-refractivity contribution < 1.29 is 26.9 Å². The summed E-state index contributed by atoms with van der Waals surface area (Å²) in [4.78, 5) is 13.9. The number of rotatable bonds is 8. The van der Waals surface area contributed by atoms with Crippen LogP contribution in [0.3, 0.4) is 0 Å². The van der Waals surface area contributed by atoms with Gasteiger partial charge in [0.25, 0.3) is 0 Å². The Morgan fingerprint density at radius 3 is 2.80 bits per heavy atom. The highest BCUT2D eigenvalue weighted by molar-refractivity contribution is 7.86. The summed E-state index contributed by atoms with van der Waals surface area (Å²) in [6, 6.07) is 4.60. The molecule has 1 atom stereocenters. The Balaban J connectivity index is 2.23. The van der Waals surface area contributed by atoms with Crippen molar-refractivity contribution in [1.29, 1.82) is 0 Å². The van der Waals surface area contributed by atoms with Gasteiger partial charge in [0, 0.05) is 37.4 Å². The fourth-order valence-electron chi connectivity index (χ4n) is 2.63. The van der Waals surface area contributed by atoms with Crippen molar-refractivity contribution in [2.45, 2.75) is 25.5 Å². The van der Waals surface area contributed by atoms with Crippen LogP contribution in [0.4, 0.5) is 0 Å². The maximum absolute atomic E-state index is 12.4. The second-order valence-corrected chi connectivity index (χ2v) is 7.89. The van der Waals surface area contributed by atoms with Crippen LogP contribution in [0.25, 0.3) is 0 Å². The average Bonchev–Trinajstić information content (AvgIpc) is 3.01. The second-order valence-electron chi connectivity index (χ2n) is 5.88. The number of hydrogen-bond donors (Lipinski definition) is 0. The maximum Gasteiger partial charge on any atom is 0.306 e. The van der Waals surface area contributed by atoms with Gasteiger partial charge in [-0.1, -0.05) is 11.6 Å². The van der Waals surface area contributed by atoms with Gasteiger partial charge in [-0.05, 0) is 31.0 Å². The number of benzene rings is 1. The molecule has 0 aromatic heterocycles. The maximum atomic E-state index is 12.4. The number of hydrogen-bond acceptors (Lipinski definition) is 6. The van der Waals surface area contributed by atoms with Crippen LogP contribution in [-0.4, -0.2) is 58.5 Å². The quantitative estimate of drug-likeness (QED) is 0.629. The van der Waals surface area contributed by atoms with Crippen LogP contribution < -0.4 is 4.18 Å². The normalized spacial score (nSPS) is 17.5. The smallest absolute Gasteiger partial charge is 0.306 e. The molecule has 0 N–H and O–H groups in total. The van der Waals surface area contributed by atoms with Gasteiger partial charge in [-0.3, -0.25) is 4.79 Å². The topological polar surface area (TPSA) is 82.1 Å². The molecule has 9 heteroatoms. The lowest BCUT2D eigenvalue weighted by Gasteiger charge is -2.26. The molecule has 25 heavy (non-hydrogen) atoms.